The molecular formula is C12H16N2O4S. The van der Waals surface area contributed by atoms with E-state index in [1.54, 1.807) is 6.07 Å². The number of hydrogen-bond donors (Lipinski definition) is 2. The fourth-order valence-corrected chi connectivity index (χ4v) is 3.95. The molecule has 0 spiro atoms. The molecule has 0 bridgehead atoms. The Morgan fingerprint density at radius 1 is 1.47 bits per heavy atom. The quantitative estimate of drug-likeness (QED) is 0.807. The Morgan fingerprint density at radius 3 is 2.79 bits per heavy atom. The Labute approximate surface area is 111 Å². The molecule has 2 heterocycles. The van der Waals surface area contributed by atoms with E-state index in [1.165, 1.54) is 12.3 Å². The van der Waals surface area contributed by atoms with Crippen LogP contribution in [0.15, 0.2) is 18.3 Å². The van der Waals surface area contributed by atoms with Gasteiger partial charge in [-0.05, 0) is 31.0 Å². The number of carboxylic acids is 1. The molecule has 1 aliphatic heterocycles. The fraction of sp³-hybridized carbons (Fsp3) is 0.500. The van der Waals surface area contributed by atoms with Crippen LogP contribution in [0.2, 0.25) is 0 Å². The topological polar surface area (TPSA) is 96.4 Å². The number of aromatic nitrogens is 1. The molecule has 1 atom stereocenters. The Morgan fingerprint density at radius 2 is 2.26 bits per heavy atom. The van der Waals surface area contributed by atoms with Gasteiger partial charge in [-0.1, -0.05) is 0 Å². The van der Waals surface area contributed by atoms with E-state index in [9.17, 15) is 13.2 Å². The highest BCUT2D eigenvalue weighted by Crippen LogP contribution is 2.17. The summed E-state index contributed by atoms with van der Waals surface area (Å²) in [6.45, 7) is 1.15. The molecule has 7 heteroatoms. The smallest absolute Gasteiger partial charge is 0.337 e. The van der Waals surface area contributed by atoms with Gasteiger partial charge in [0, 0.05) is 12.7 Å². The van der Waals surface area contributed by atoms with Crippen molar-refractivity contribution in [3.8, 4) is 0 Å². The van der Waals surface area contributed by atoms with Crippen molar-refractivity contribution in [2.24, 2.45) is 5.92 Å². The lowest BCUT2D eigenvalue weighted by Gasteiger charge is -2.09. The molecule has 1 saturated heterocycles. The summed E-state index contributed by atoms with van der Waals surface area (Å²) in [6, 6.07) is 3.16. The first-order valence-electron chi connectivity index (χ1n) is 6.05. The van der Waals surface area contributed by atoms with Crippen molar-refractivity contribution in [2.45, 2.75) is 13.0 Å². The molecular weight excluding hydrogens is 268 g/mol. The minimum absolute atomic E-state index is 0.158. The molecule has 0 aliphatic carbocycles. The number of hydrogen-bond acceptors (Lipinski definition) is 5. The molecule has 0 aromatic carbocycles. The van der Waals surface area contributed by atoms with Crippen LogP contribution in [0.4, 0.5) is 0 Å². The third kappa shape index (κ3) is 4.00. The maximum atomic E-state index is 11.3. The average molecular weight is 284 g/mol. The van der Waals surface area contributed by atoms with Crippen molar-refractivity contribution in [3.05, 3.63) is 29.6 Å². The van der Waals surface area contributed by atoms with Crippen LogP contribution in [0.3, 0.4) is 0 Å². The van der Waals surface area contributed by atoms with Crippen molar-refractivity contribution >= 4 is 15.8 Å². The number of carboxylic acid groups (broad SMARTS) is 1. The van der Waals surface area contributed by atoms with E-state index in [2.05, 4.69) is 10.3 Å². The van der Waals surface area contributed by atoms with E-state index < -0.39 is 15.8 Å². The molecule has 2 rings (SSSR count). The molecule has 0 amide bonds. The van der Waals surface area contributed by atoms with Crippen molar-refractivity contribution < 1.29 is 18.3 Å². The van der Waals surface area contributed by atoms with Gasteiger partial charge in [-0.2, -0.15) is 0 Å². The van der Waals surface area contributed by atoms with Gasteiger partial charge in [0.2, 0.25) is 0 Å². The van der Waals surface area contributed by atoms with E-state index in [0.29, 0.717) is 19.5 Å². The minimum atomic E-state index is -2.83. The highest BCUT2D eigenvalue weighted by Gasteiger charge is 2.27. The van der Waals surface area contributed by atoms with Gasteiger partial charge >= 0.3 is 5.97 Å². The highest BCUT2D eigenvalue weighted by atomic mass is 32.2. The number of rotatable bonds is 5. The first-order valence-corrected chi connectivity index (χ1v) is 7.88. The van der Waals surface area contributed by atoms with Crippen molar-refractivity contribution in [3.63, 3.8) is 0 Å². The van der Waals surface area contributed by atoms with Crippen molar-refractivity contribution in [2.75, 3.05) is 18.1 Å². The van der Waals surface area contributed by atoms with Crippen molar-refractivity contribution in [1.29, 1.82) is 0 Å². The lowest BCUT2D eigenvalue weighted by molar-refractivity contribution is 0.0696. The predicted octanol–water partition coefficient (Wildman–Crippen LogP) is 0.304. The van der Waals surface area contributed by atoms with Gasteiger partial charge in [-0.25, -0.2) is 13.2 Å². The summed E-state index contributed by atoms with van der Waals surface area (Å²) in [5, 5.41) is 11.9. The largest absolute Gasteiger partial charge is 0.478 e. The van der Waals surface area contributed by atoms with Gasteiger partial charge < -0.3 is 10.4 Å². The molecule has 1 fully saturated rings. The summed E-state index contributed by atoms with van der Waals surface area (Å²) in [6.07, 6.45) is 2.03. The lowest BCUT2D eigenvalue weighted by atomic mass is 10.1. The zero-order chi connectivity index (χ0) is 13.9. The first-order chi connectivity index (χ1) is 8.96. The SMILES string of the molecule is O=C(O)c1ccc(CNCC2CCS(=O)(=O)C2)nc1. The molecule has 1 aromatic heterocycles. The molecule has 0 radical (unpaired) electrons. The number of nitrogens with zero attached hydrogens (tertiary/aromatic N) is 1. The molecule has 19 heavy (non-hydrogen) atoms. The van der Waals surface area contributed by atoms with Crippen LogP contribution in [-0.4, -0.2) is 42.5 Å². The minimum Gasteiger partial charge on any atom is -0.478 e. The number of pyridine rings is 1. The van der Waals surface area contributed by atoms with Crippen molar-refractivity contribution in [1.82, 2.24) is 10.3 Å². The predicted molar refractivity (Wildman–Crippen MR) is 69.7 cm³/mol. The molecule has 104 valence electrons. The van der Waals surface area contributed by atoms with Gasteiger partial charge in [0.25, 0.3) is 0 Å². The van der Waals surface area contributed by atoms with Crippen LogP contribution in [0, 0.1) is 5.92 Å². The number of carbonyl (C=O) groups is 1. The van der Waals surface area contributed by atoms with Crippen LogP contribution in [-0.2, 0) is 16.4 Å². The summed E-state index contributed by atoms with van der Waals surface area (Å²) in [5.41, 5.74) is 0.900. The van der Waals surface area contributed by atoms with Crippen LogP contribution in [0.1, 0.15) is 22.5 Å². The zero-order valence-electron chi connectivity index (χ0n) is 10.4. The van der Waals surface area contributed by atoms with Gasteiger partial charge in [0.1, 0.15) is 0 Å². The second kappa shape index (κ2) is 5.66. The van der Waals surface area contributed by atoms with E-state index in [-0.39, 0.29) is 23.0 Å². The monoisotopic (exact) mass is 284 g/mol. The van der Waals surface area contributed by atoms with Gasteiger partial charge in [0.05, 0.1) is 22.8 Å². The Kier molecular flexibility index (Phi) is 4.16. The molecule has 1 unspecified atom stereocenters. The standard InChI is InChI=1S/C12H16N2O4S/c15-12(16)10-1-2-11(14-6-10)7-13-5-9-3-4-19(17,18)8-9/h1-2,6,9,13H,3-5,7-8H2,(H,15,16). The van der Waals surface area contributed by atoms with Crippen LogP contribution >= 0.6 is 0 Å². The average Bonchev–Trinajstić information content (AvgIpc) is 2.69. The summed E-state index contributed by atoms with van der Waals surface area (Å²) in [4.78, 5) is 14.7. The summed E-state index contributed by atoms with van der Waals surface area (Å²) < 4.78 is 22.6. The van der Waals surface area contributed by atoms with Crippen LogP contribution in [0.25, 0.3) is 0 Å². The Hall–Kier alpha value is -1.47. The summed E-state index contributed by atoms with van der Waals surface area (Å²) in [7, 11) is -2.83. The van der Waals surface area contributed by atoms with Crippen LogP contribution < -0.4 is 5.32 Å². The number of aromatic carboxylic acids is 1. The van der Waals surface area contributed by atoms with Gasteiger partial charge in [-0.3, -0.25) is 4.98 Å². The molecule has 1 aromatic rings. The second-order valence-corrected chi connectivity index (χ2v) is 6.97. The van der Waals surface area contributed by atoms with Gasteiger partial charge in [0.15, 0.2) is 9.84 Å². The molecule has 2 N–H and O–H groups in total. The summed E-state index contributed by atoms with van der Waals surface area (Å²) >= 11 is 0. The van der Waals surface area contributed by atoms with Crippen LogP contribution in [0.5, 0.6) is 0 Å². The maximum absolute atomic E-state index is 11.3. The molecule has 0 saturated carbocycles. The lowest BCUT2D eigenvalue weighted by Crippen LogP contribution is -2.23. The second-order valence-electron chi connectivity index (χ2n) is 4.74. The van der Waals surface area contributed by atoms with E-state index in [0.717, 1.165) is 5.69 Å². The molecule has 6 nitrogen and oxygen atoms in total. The third-order valence-corrected chi connectivity index (χ3v) is 4.97. The first kappa shape index (κ1) is 14.0. The van der Waals surface area contributed by atoms with Gasteiger partial charge in [-0.15, -0.1) is 0 Å². The summed E-state index contributed by atoms with van der Waals surface area (Å²) in [5.74, 6) is -0.289. The Balaban J connectivity index is 1.78. The molecule has 1 aliphatic rings. The third-order valence-electron chi connectivity index (χ3n) is 3.14. The fourth-order valence-electron chi connectivity index (χ4n) is 2.09. The highest BCUT2D eigenvalue weighted by molar-refractivity contribution is 7.91. The maximum Gasteiger partial charge on any atom is 0.337 e. The zero-order valence-corrected chi connectivity index (χ0v) is 11.2. The number of nitrogens with one attached hydrogen (secondary N) is 1. The normalized spacial score (nSPS) is 21.4. The van der Waals surface area contributed by atoms with E-state index in [1.807, 2.05) is 0 Å². The van der Waals surface area contributed by atoms with E-state index in [4.69, 9.17) is 5.11 Å². The Bertz CT molecular complexity index is 554. The van der Waals surface area contributed by atoms with E-state index >= 15 is 0 Å². The number of sulfone groups is 1.